The third-order valence-electron chi connectivity index (χ3n) is 13.2. The third-order valence-corrected chi connectivity index (χ3v) is 13.2. The number of fused-ring (bicyclic) bond motifs is 10. The van der Waals surface area contributed by atoms with Crippen LogP contribution in [0.25, 0.3) is 109 Å². The minimum atomic E-state index is -0.0333. The van der Waals surface area contributed by atoms with Gasteiger partial charge in [0.1, 0.15) is 0 Å². The van der Waals surface area contributed by atoms with Crippen molar-refractivity contribution in [3.05, 3.63) is 217 Å². The molecule has 0 spiro atoms. The molecule has 0 unspecified atom stereocenters. The molecule has 12 rings (SSSR count). The van der Waals surface area contributed by atoms with Crippen LogP contribution in [-0.2, 0) is 5.41 Å². The van der Waals surface area contributed by atoms with Gasteiger partial charge in [-0.1, -0.05) is 178 Å². The van der Waals surface area contributed by atoms with Crippen molar-refractivity contribution in [2.75, 3.05) is 0 Å². The van der Waals surface area contributed by atoms with Gasteiger partial charge in [0.15, 0.2) is 0 Å². The van der Waals surface area contributed by atoms with Gasteiger partial charge in [-0.3, -0.25) is 0 Å². The second-order valence-electron chi connectivity index (χ2n) is 16.9. The van der Waals surface area contributed by atoms with Crippen LogP contribution in [0.1, 0.15) is 25.0 Å². The normalized spacial score (nSPS) is 13.1. The highest BCUT2D eigenvalue weighted by molar-refractivity contribution is 6.23. The highest BCUT2D eigenvalue weighted by Gasteiger charge is 2.35. The molecule has 0 heterocycles. The van der Waals surface area contributed by atoms with E-state index in [-0.39, 0.29) is 5.41 Å². The van der Waals surface area contributed by atoms with E-state index in [4.69, 9.17) is 0 Å². The maximum atomic E-state index is 2.41. The van der Waals surface area contributed by atoms with Crippen molar-refractivity contribution in [2.24, 2.45) is 0 Å². The summed E-state index contributed by atoms with van der Waals surface area (Å²) < 4.78 is 0. The van der Waals surface area contributed by atoms with Crippen molar-refractivity contribution < 1.29 is 0 Å². The molecular weight excluding hydrogens is 709 g/mol. The summed E-state index contributed by atoms with van der Waals surface area (Å²) in [4.78, 5) is 0. The van der Waals surface area contributed by atoms with Gasteiger partial charge in [-0.15, -0.1) is 0 Å². The van der Waals surface area contributed by atoms with E-state index >= 15 is 0 Å². The van der Waals surface area contributed by atoms with E-state index in [9.17, 15) is 0 Å². The van der Waals surface area contributed by atoms with Crippen molar-refractivity contribution >= 4 is 53.9 Å². The Labute approximate surface area is 344 Å². The molecule has 0 bridgehead atoms. The lowest BCUT2D eigenvalue weighted by Gasteiger charge is -2.22. The van der Waals surface area contributed by atoms with Crippen LogP contribution >= 0.6 is 0 Å². The monoisotopic (exact) mass is 748 g/mol. The van der Waals surface area contributed by atoms with Gasteiger partial charge in [0, 0.05) is 5.41 Å². The number of benzene rings is 11. The van der Waals surface area contributed by atoms with Crippen LogP contribution < -0.4 is 0 Å². The van der Waals surface area contributed by atoms with Crippen molar-refractivity contribution in [1.82, 2.24) is 0 Å². The maximum Gasteiger partial charge on any atom is 0.0159 e. The molecule has 276 valence electrons. The Morgan fingerprint density at radius 3 is 1.49 bits per heavy atom. The van der Waals surface area contributed by atoms with Gasteiger partial charge in [-0.05, 0) is 163 Å². The highest BCUT2D eigenvalue weighted by atomic mass is 14.4. The lowest BCUT2D eigenvalue weighted by atomic mass is 9.81. The van der Waals surface area contributed by atoms with Crippen LogP contribution in [0.4, 0.5) is 0 Å². The Morgan fingerprint density at radius 2 is 0.729 bits per heavy atom. The Morgan fingerprint density at radius 1 is 0.254 bits per heavy atom. The van der Waals surface area contributed by atoms with Gasteiger partial charge in [0.25, 0.3) is 0 Å². The molecule has 59 heavy (non-hydrogen) atoms. The first kappa shape index (κ1) is 33.8. The van der Waals surface area contributed by atoms with Crippen LogP contribution in [0.2, 0.25) is 0 Å². The van der Waals surface area contributed by atoms with Crippen LogP contribution in [0.3, 0.4) is 0 Å². The standard InChI is InChI=1S/C59H40/c1-59(2)56-29-28-47(34-54(56)55-33-42-11-3-4-12-43(42)36-57(55)59)41-14-9-13-40(30-41)37-18-20-38(21-19-37)44-23-24-46-32-48(26-25-45(46)31-44)53-35-49-27-22-39-10-5-6-15-50(39)58(49)52-17-8-7-16-51(52)53/h3-36H,1-2H3. The van der Waals surface area contributed by atoms with E-state index in [1.807, 2.05) is 0 Å². The summed E-state index contributed by atoms with van der Waals surface area (Å²) >= 11 is 0. The molecule has 0 saturated carbocycles. The van der Waals surface area contributed by atoms with Gasteiger partial charge in [-0.2, -0.15) is 0 Å². The fourth-order valence-corrected chi connectivity index (χ4v) is 10.1. The number of hydrogen-bond acceptors (Lipinski definition) is 0. The first-order valence-electron chi connectivity index (χ1n) is 20.7. The van der Waals surface area contributed by atoms with Gasteiger partial charge >= 0.3 is 0 Å². The highest BCUT2D eigenvalue weighted by Crippen LogP contribution is 2.51. The molecule has 0 radical (unpaired) electrons. The summed E-state index contributed by atoms with van der Waals surface area (Å²) in [5.74, 6) is 0. The number of rotatable bonds is 4. The summed E-state index contributed by atoms with van der Waals surface area (Å²) in [6.45, 7) is 4.72. The maximum absolute atomic E-state index is 2.41. The van der Waals surface area contributed by atoms with Crippen LogP contribution in [0, 0.1) is 0 Å². The first-order valence-corrected chi connectivity index (χ1v) is 20.7. The van der Waals surface area contributed by atoms with E-state index < -0.39 is 0 Å². The number of hydrogen-bond donors (Lipinski definition) is 0. The molecule has 0 nitrogen and oxygen atoms in total. The van der Waals surface area contributed by atoms with E-state index in [2.05, 4.69) is 220 Å². The van der Waals surface area contributed by atoms with E-state index in [0.717, 1.165) is 0 Å². The van der Waals surface area contributed by atoms with Crippen molar-refractivity contribution in [3.8, 4) is 55.6 Å². The minimum Gasteiger partial charge on any atom is -0.0616 e. The molecule has 0 heteroatoms. The average molecular weight is 749 g/mol. The fraction of sp³-hybridized carbons (Fsp3) is 0.0508. The first-order chi connectivity index (χ1) is 29.0. The molecule has 1 aliphatic rings. The molecule has 0 N–H and O–H groups in total. The topological polar surface area (TPSA) is 0 Å². The summed E-state index contributed by atoms with van der Waals surface area (Å²) in [7, 11) is 0. The zero-order valence-corrected chi connectivity index (χ0v) is 33.1. The van der Waals surface area contributed by atoms with Crippen LogP contribution in [0.15, 0.2) is 206 Å². The minimum absolute atomic E-state index is 0.0333. The molecule has 11 aromatic rings. The second-order valence-corrected chi connectivity index (χ2v) is 16.9. The second kappa shape index (κ2) is 12.9. The molecule has 11 aromatic carbocycles. The van der Waals surface area contributed by atoms with Gasteiger partial charge in [0.2, 0.25) is 0 Å². The zero-order valence-electron chi connectivity index (χ0n) is 33.1. The molecular formula is C59H40. The molecule has 0 saturated heterocycles. The zero-order chi connectivity index (χ0) is 39.2. The Bertz CT molecular complexity index is 3510. The van der Waals surface area contributed by atoms with Gasteiger partial charge in [-0.25, -0.2) is 0 Å². The SMILES string of the molecule is CC1(C)c2ccc(-c3cccc(-c4ccc(-c5ccc6cc(-c7cc8ccc9ccccc9c8c8ccccc78)ccc6c5)cc4)c3)cc2-c2cc3ccccc3cc21. The van der Waals surface area contributed by atoms with E-state index in [1.54, 1.807) is 0 Å². The molecule has 0 amide bonds. The molecule has 0 aliphatic heterocycles. The third kappa shape index (κ3) is 5.37. The molecule has 0 aromatic heterocycles. The fourth-order valence-electron chi connectivity index (χ4n) is 10.1. The predicted octanol–water partition coefficient (Wildman–Crippen LogP) is 16.4. The quantitative estimate of drug-likeness (QED) is 0.157. The van der Waals surface area contributed by atoms with E-state index in [0.29, 0.717) is 0 Å². The van der Waals surface area contributed by atoms with Crippen LogP contribution in [-0.4, -0.2) is 0 Å². The van der Waals surface area contributed by atoms with Crippen molar-refractivity contribution in [2.45, 2.75) is 19.3 Å². The Balaban J connectivity index is 0.847. The van der Waals surface area contributed by atoms with Crippen LogP contribution in [0.5, 0.6) is 0 Å². The lowest BCUT2D eigenvalue weighted by Crippen LogP contribution is -2.14. The smallest absolute Gasteiger partial charge is 0.0159 e. The molecule has 0 fully saturated rings. The molecule has 1 aliphatic carbocycles. The van der Waals surface area contributed by atoms with Crippen molar-refractivity contribution in [1.29, 1.82) is 0 Å². The summed E-state index contributed by atoms with van der Waals surface area (Å²) in [5, 5.41) is 12.9. The predicted molar refractivity (Wildman–Crippen MR) is 253 cm³/mol. The summed E-state index contributed by atoms with van der Waals surface area (Å²) in [5.41, 5.74) is 15.4. The van der Waals surface area contributed by atoms with E-state index in [1.165, 1.54) is 121 Å². The average Bonchev–Trinajstić information content (AvgIpc) is 3.51. The Hall–Kier alpha value is -7.28. The Kier molecular flexibility index (Phi) is 7.38. The summed E-state index contributed by atoms with van der Waals surface area (Å²) in [6.07, 6.45) is 0. The lowest BCUT2D eigenvalue weighted by molar-refractivity contribution is 0.661. The summed E-state index contributed by atoms with van der Waals surface area (Å²) in [6, 6.07) is 77.0. The molecule has 0 atom stereocenters. The largest absolute Gasteiger partial charge is 0.0616 e. The van der Waals surface area contributed by atoms with Crippen molar-refractivity contribution in [3.63, 3.8) is 0 Å². The van der Waals surface area contributed by atoms with Gasteiger partial charge in [0.05, 0.1) is 0 Å². The van der Waals surface area contributed by atoms with Gasteiger partial charge < -0.3 is 0 Å².